The van der Waals surface area contributed by atoms with Crippen LogP contribution in [0.25, 0.3) is 0 Å². The van der Waals surface area contributed by atoms with Crippen molar-refractivity contribution >= 4 is 50.9 Å². The van der Waals surface area contributed by atoms with Crippen LogP contribution >= 0.6 is 23.2 Å². The van der Waals surface area contributed by atoms with Crippen LogP contribution in [0, 0.1) is 5.82 Å². The highest BCUT2D eigenvalue weighted by molar-refractivity contribution is 7.90. The van der Waals surface area contributed by atoms with Crippen LogP contribution in [0.5, 0.6) is 0 Å². The molecule has 2 aromatic carbocycles. The minimum Gasteiger partial charge on any atom is -0.355 e. The molecular formula is C22H27Cl2FN4O4S. The van der Waals surface area contributed by atoms with Gasteiger partial charge >= 0.3 is 10.2 Å². The molecule has 2 rings (SSSR count). The third-order valence-electron chi connectivity index (χ3n) is 4.99. The van der Waals surface area contributed by atoms with Crippen LogP contribution in [-0.2, 0) is 26.3 Å². The van der Waals surface area contributed by atoms with Crippen LogP contribution in [0.1, 0.15) is 19.4 Å². The Kier molecular flexibility index (Phi) is 9.69. The highest BCUT2D eigenvalue weighted by Gasteiger charge is 2.32. The highest BCUT2D eigenvalue weighted by atomic mass is 35.5. The Morgan fingerprint density at radius 1 is 1.06 bits per heavy atom. The van der Waals surface area contributed by atoms with Crippen molar-refractivity contribution in [2.45, 2.75) is 26.4 Å². The molecule has 8 nitrogen and oxygen atoms in total. The number of likely N-dealkylation sites (N-methyl/N-ethyl adjacent to an activating group) is 1. The monoisotopic (exact) mass is 532 g/mol. The first-order valence-corrected chi connectivity index (χ1v) is 12.5. The summed E-state index contributed by atoms with van der Waals surface area (Å²) in [5.74, 6) is -1.59. The van der Waals surface area contributed by atoms with Crippen LogP contribution in [0.3, 0.4) is 0 Å². The predicted octanol–water partition coefficient (Wildman–Crippen LogP) is 3.30. The lowest BCUT2D eigenvalue weighted by Crippen LogP contribution is -2.52. The lowest BCUT2D eigenvalue weighted by atomic mass is 10.1. The highest BCUT2D eigenvalue weighted by Crippen LogP contribution is 2.25. The normalized spacial score (nSPS) is 12.4. The molecule has 1 N–H and O–H groups in total. The molecule has 0 heterocycles. The van der Waals surface area contributed by atoms with Crippen LogP contribution in [-0.4, -0.2) is 62.7 Å². The quantitative estimate of drug-likeness (QED) is 0.508. The second-order valence-corrected chi connectivity index (χ2v) is 10.5. The third kappa shape index (κ3) is 6.82. The molecule has 0 aliphatic carbocycles. The first-order valence-electron chi connectivity index (χ1n) is 10.3. The standard InChI is InChI=1S/C22H27Cl2FN4O4S/c1-5-26-22(31)15(2)28(13-16-6-11-19(23)20(24)12-16)21(30)14-29(34(32,33)27(3)4)18-9-7-17(25)8-10-18/h6-12,15H,5,13-14H2,1-4H3,(H,26,31). The van der Waals surface area contributed by atoms with E-state index in [4.69, 9.17) is 23.2 Å². The number of anilines is 1. The first-order chi connectivity index (χ1) is 15.9. The fourth-order valence-electron chi connectivity index (χ4n) is 3.06. The van der Waals surface area contributed by atoms with Crippen molar-refractivity contribution in [1.82, 2.24) is 14.5 Å². The Labute approximate surface area is 209 Å². The van der Waals surface area contributed by atoms with Gasteiger partial charge in [-0.3, -0.25) is 9.59 Å². The number of nitrogens with zero attached hydrogens (tertiary/aromatic N) is 3. The van der Waals surface area contributed by atoms with E-state index in [1.165, 1.54) is 31.1 Å². The van der Waals surface area contributed by atoms with Crippen molar-refractivity contribution in [1.29, 1.82) is 0 Å². The Balaban J connectivity index is 2.46. The van der Waals surface area contributed by atoms with Crippen molar-refractivity contribution < 1.29 is 22.4 Å². The summed E-state index contributed by atoms with van der Waals surface area (Å²) in [5, 5.41) is 3.28. The molecule has 34 heavy (non-hydrogen) atoms. The van der Waals surface area contributed by atoms with Crippen molar-refractivity contribution in [3.05, 3.63) is 63.9 Å². The number of carbonyl (C=O) groups excluding carboxylic acids is 2. The van der Waals surface area contributed by atoms with Crippen LogP contribution in [0.2, 0.25) is 10.0 Å². The SMILES string of the molecule is CCNC(=O)C(C)N(Cc1ccc(Cl)c(Cl)c1)C(=O)CN(c1ccc(F)cc1)S(=O)(=O)N(C)C. The van der Waals surface area contributed by atoms with Crippen LogP contribution in [0.4, 0.5) is 10.1 Å². The Hall–Kier alpha value is -2.40. The van der Waals surface area contributed by atoms with Crippen molar-refractivity contribution in [2.24, 2.45) is 0 Å². The van der Waals surface area contributed by atoms with Gasteiger partial charge in [0.05, 0.1) is 15.7 Å². The van der Waals surface area contributed by atoms with Gasteiger partial charge < -0.3 is 10.2 Å². The van der Waals surface area contributed by atoms with E-state index in [9.17, 15) is 22.4 Å². The third-order valence-corrected chi connectivity index (χ3v) is 7.55. The van der Waals surface area contributed by atoms with E-state index in [0.717, 1.165) is 20.7 Å². The second kappa shape index (κ2) is 11.8. The second-order valence-electron chi connectivity index (χ2n) is 7.61. The zero-order chi connectivity index (χ0) is 25.6. The molecule has 0 bridgehead atoms. The predicted molar refractivity (Wildman–Crippen MR) is 132 cm³/mol. The number of nitrogens with one attached hydrogen (secondary N) is 1. The van der Waals surface area contributed by atoms with E-state index in [2.05, 4.69) is 5.32 Å². The van der Waals surface area contributed by atoms with Crippen molar-refractivity contribution in [3.8, 4) is 0 Å². The Bertz CT molecular complexity index is 1130. The van der Waals surface area contributed by atoms with Gasteiger partial charge in [-0.2, -0.15) is 12.7 Å². The number of benzene rings is 2. The van der Waals surface area contributed by atoms with Gasteiger partial charge in [0.15, 0.2) is 0 Å². The zero-order valence-electron chi connectivity index (χ0n) is 19.3. The van der Waals surface area contributed by atoms with Crippen LogP contribution in [0.15, 0.2) is 42.5 Å². The zero-order valence-corrected chi connectivity index (χ0v) is 21.6. The molecule has 0 fully saturated rings. The van der Waals surface area contributed by atoms with Gasteiger partial charge in [0, 0.05) is 27.2 Å². The van der Waals surface area contributed by atoms with Gasteiger partial charge in [0.2, 0.25) is 11.8 Å². The van der Waals surface area contributed by atoms with Gasteiger partial charge in [0.1, 0.15) is 18.4 Å². The molecule has 1 unspecified atom stereocenters. The average molecular weight is 533 g/mol. The van der Waals surface area contributed by atoms with E-state index in [-0.39, 0.29) is 17.3 Å². The summed E-state index contributed by atoms with van der Waals surface area (Å²) in [5.41, 5.74) is 0.700. The number of hydrogen-bond acceptors (Lipinski definition) is 4. The maximum absolute atomic E-state index is 13.5. The minimum atomic E-state index is -4.12. The lowest BCUT2D eigenvalue weighted by molar-refractivity contribution is -0.139. The van der Waals surface area contributed by atoms with E-state index >= 15 is 0 Å². The number of amides is 2. The number of rotatable bonds is 10. The van der Waals surface area contributed by atoms with Gasteiger partial charge in [-0.25, -0.2) is 8.70 Å². The summed E-state index contributed by atoms with van der Waals surface area (Å²) >= 11 is 12.1. The average Bonchev–Trinajstić information content (AvgIpc) is 2.78. The summed E-state index contributed by atoms with van der Waals surface area (Å²) in [6.45, 7) is 3.01. The summed E-state index contributed by atoms with van der Waals surface area (Å²) in [6.07, 6.45) is 0. The summed E-state index contributed by atoms with van der Waals surface area (Å²) in [6, 6.07) is 8.61. The summed E-state index contributed by atoms with van der Waals surface area (Å²) < 4.78 is 41.2. The molecule has 0 saturated carbocycles. The van der Waals surface area contributed by atoms with Crippen molar-refractivity contribution in [3.63, 3.8) is 0 Å². The Morgan fingerprint density at radius 2 is 1.68 bits per heavy atom. The van der Waals surface area contributed by atoms with Gasteiger partial charge in [-0.1, -0.05) is 29.3 Å². The number of carbonyl (C=O) groups is 2. The summed E-state index contributed by atoms with van der Waals surface area (Å²) in [4.78, 5) is 27.3. The van der Waals surface area contributed by atoms with E-state index in [0.29, 0.717) is 17.1 Å². The molecule has 1 atom stereocenters. The molecule has 186 valence electrons. The molecule has 12 heteroatoms. The van der Waals surface area contributed by atoms with Crippen LogP contribution < -0.4 is 9.62 Å². The topological polar surface area (TPSA) is 90.0 Å². The molecule has 0 spiro atoms. The van der Waals surface area contributed by atoms with Gasteiger partial charge in [-0.15, -0.1) is 0 Å². The molecule has 0 radical (unpaired) electrons. The summed E-state index contributed by atoms with van der Waals surface area (Å²) in [7, 11) is -1.48. The molecular weight excluding hydrogens is 506 g/mol. The minimum absolute atomic E-state index is 0.0205. The van der Waals surface area contributed by atoms with E-state index < -0.39 is 40.4 Å². The number of halogens is 3. The fraction of sp³-hybridized carbons (Fsp3) is 0.364. The maximum atomic E-state index is 13.5. The Morgan fingerprint density at radius 3 is 2.21 bits per heavy atom. The van der Waals surface area contributed by atoms with Crippen molar-refractivity contribution in [2.75, 3.05) is 31.5 Å². The van der Waals surface area contributed by atoms with Gasteiger partial charge in [0.25, 0.3) is 0 Å². The first kappa shape index (κ1) is 27.8. The molecule has 0 saturated heterocycles. The molecule has 0 aliphatic heterocycles. The molecule has 0 aliphatic rings. The van der Waals surface area contributed by atoms with E-state index in [1.54, 1.807) is 32.0 Å². The smallest absolute Gasteiger partial charge is 0.304 e. The fourth-order valence-corrected chi connectivity index (χ4v) is 4.44. The molecule has 0 aromatic heterocycles. The largest absolute Gasteiger partial charge is 0.355 e. The molecule has 2 amide bonds. The lowest BCUT2D eigenvalue weighted by Gasteiger charge is -2.32. The van der Waals surface area contributed by atoms with E-state index in [1.807, 2.05) is 0 Å². The molecule has 2 aromatic rings. The van der Waals surface area contributed by atoms with Gasteiger partial charge in [-0.05, 0) is 55.8 Å². The number of hydrogen-bond donors (Lipinski definition) is 1. The maximum Gasteiger partial charge on any atom is 0.304 e.